The van der Waals surface area contributed by atoms with E-state index in [1.54, 1.807) is 20.3 Å². The molecule has 2 fully saturated rings. The third-order valence-electron chi connectivity index (χ3n) is 10.8. The maximum Gasteiger partial charge on any atom is 0.329 e. The molecule has 1 amide bonds. The normalized spacial score (nSPS) is 18.3. The van der Waals surface area contributed by atoms with Gasteiger partial charge in [0.25, 0.3) is 0 Å². The van der Waals surface area contributed by atoms with E-state index in [1.807, 2.05) is 36.1 Å². The van der Waals surface area contributed by atoms with Crippen LogP contribution in [0.2, 0.25) is 5.04 Å². The molecule has 0 N–H and O–H groups in total. The molecule has 1 heterocycles. The number of likely N-dealkylation sites (tertiary alicyclic amines) is 1. The van der Waals surface area contributed by atoms with E-state index < -0.39 is 20.3 Å². The number of amides is 1. The van der Waals surface area contributed by atoms with Crippen LogP contribution in [0.1, 0.15) is 97.0 Å². The third kappa shape index (κ3) is 8.22. The molecule has 0 aromatic heterocycles. The molecule has 0 spiro atoms. The molecule has 0 unspecified atom stereocenters. The van der Waals surface area contributed by atoms with Gasteiger partial charge in [0.15, 0.2) is 11.5 Å². The number of hydrogen-bond donors (Lipinski definition) is 0. The number of benzene rings is 3. The Labute approximate surface area is 306 Å². The van der Waals surface area contributed by atoms with E-state index in [2.05, 4.69) is 75.9 Å². The number of carbonyl (C=O) groups excluding carboxylic acids is 2. The van der Waals surface area contributed by atoms with Crippen molar-refractivity contribution in [3.05, 3.63) is 91.0 Å². The lowest BCUT2D eigenvalue weighted by Gasteiger charge is -2.43. The van der Waals surface area contributed by atoms with Crippen LogP contribution in [-0.4, -0.2) is 58.0 Å². The van der Waals surface area contributed by atoms with Crippen LogP contribution in [0.3, 0.4) is 0 Å². The number of methoxy groups -OCH3 is 2. The quantitative estimate of drug-likeness (QED) is 0.101. The van der Waals surface area contributed by atoms with Crippen molar-refractivity contribution < 1.29 is 28.2 Å². The highest BCUT2D eigenvalue weighted by molar-refractivity contribution is 7.00. The Balaban J connectivity index is 1.66. The molecular formula is C43H57NO6Si. The molecule has 1 aliphatic heterocycles. The van der Waals surface area contributed by atoms with Gasteiger partial charge in [-0.3, -0.25) is 4.79 Å². The standard InChI is InChI=1S/C43H57NO6Si/c1-8-20-31(2)49-42(46)36-27-18-19-28-44(36)41(45)39(32-21-12-9-13-22-32)33-29-37(47-6)40(48-7)38(30-33)50-51(43(3,4)5,34-23-14-10-15-24-34)35-25-16-11-17-26-35/h8,10-11,14-17,23-26,29-32,36,39H,1,9,12-13,18-22,27-28H2,2-7H3/t31-,36-,39-/m0/s1. The Morgan fingerprint density at radius 3 is 2.00 bits per heavy atom. The van der Waals surface area contributed by atoms with E-state index in [0.29, 0.717) is 36.6 Å². The number of ether oxygens (including phenoxy) is 3. The van der Waals surface area contributed by atoms with Gasteiger partial charge in [-0.25, -0.2) is 4.79 Å². The van der Waals surface area contributed by atoms with Crippen molar-refractivity contribution in [3.8, 4) is 17.2 Å². The topological polar surface area (TPSA) is 74.3 Å². The van der Waals surface area contributed by atoms with Crippen LogP contribution in [0.15, 0.2) is 85.5 Å². The molecule has 2 aliphatic rings. The molecule has 1 saturated carbocycles. The Morgan fingerprint density at radius 2 is 1.45 bits per heavy atom. The van der Waals surface area contributed by atoms with Crippen LogP contribution in [-0.2, 0) is 14.3 Å². The SMILES string of the molecule is C=CC[C@H](C)OC(=O)[C@@H]1CCCCN1C(=O)[C@H](c1cc(OC)c(OC)c(O[Si](c2ccccc2)(c2ccccc2)C(C)(C)C)c1)C1CCCCC1. The predicted octanol–water partition coefficient (Wildman–Crippen LogP) is 8.20. The zero-order chi connectivity index (χ0) is 36.6. The lowest BCUT2D eigenvalue weighted by Crippen LogP contribution is -2.68. The largest absolute Gasteiger partial charge is 0.531 e. The van der Waals surface area contributed by atoms with E-state index in [0.717, 1.165) is 60.9 Å². The molecule has 51 heavy (non-hydrogen) atoms. The minimum absolute atomic E-state index is 0.0245. The summed E-state index contributed by atoms with van der Waals surface area (Å²) < 4.78 is 25.5. The highest BCUT2D eigenvalue weighted by atomic mass is 28.4. The van der Waals surface area contributed by atoms with Crippen molar-refractivity contribution in [2.45, 2.75) is 109 Å². The highest BCUT2D eigenvalue weighted by Gasteiger charge is 2.53. The highest BCUT2D eigenvalue weighted by Crippen LogP contribution is 2.48. The minimum Gasteiger partial charge on any atom is -0.531 e. The molecule has 7 nitrogen and oxygen atoms in total. The lowest BCUT2D eigenvalue weighted by atomic mass is 9.75. The summed E-state index contributed by atoms with van der Waals surface area (Å²) in [4.78, 5) is 30.5. The Kier molecular flexibility index (Phi) is 12.7. The Morgan fingerprint density at radius 1 is 0.863 bits per heavy atom. The summed E-state index contributed by atoms with van der Waals surface area (Å²) in [6.07, 6.45) is 9.52. The number of esters is 1. The molecule has 0 bridgehead atoms. The van der Waals surface area contributed by atoms with Crippen LogP contribution in [0.5, 0.6) is 17.2 Å². The molecule has 5 rings (SSSR count). The molecule has 8 heteroatoms. The van der Waals surface area contributed by atoms with E-state index in [9.17, 15) is 4.79 Å². The summed E-state index contributed by atoms with van der Waals surface area (Å²) in [5.74, 6) is 0.854. The van der Waals surface area contributed by atoms with Crippen molar-refractivity contribution in [1.82, 2.24) is 4.90 Å². The number of rotatable bonds is 13. The van der Waals surface area contributed by atoms with Gasteiger partial charge in [0.2, 0.25) is 11.7 Å². The average Bonchev–Trinajstić information content (AvgIpc) is 3.14. The second-order valence-corrected chi connectivity index (χ2v) is 19.4. The third-order valence-corrected chi connectivity index (χ3v) is 15.7. The molecule has 1 aliphatic carbocycles. The van der Waals surface area contributed by atoms with Gasteiger partial charge in [-0.2, -0.15) is 0 Å². The van der Waals surface area contributed by atoms with Crippen molar-refractivity contribution >= 4 is 30.6 Å². The summed E-state index contributed by atoms with van der Waals surface area (Å²) in [5, 5.41) is 1.97. The minimum atomic E-state index is -3.08. The molecular weight excluding hydrogens is 655 g/mol. The van der Waals surface area contributed by atoms with E-state index >= 15 is 4.79 Å². The first kappa shape index (κ1) is 38.2. The van der Waals surface area contributed by atoms with Crippen molar-refractivity contribution in [2.24, 2.45) is 5.92 Å². The number of hydrogen-bond acceptors (Lipinski definition) is 6. The van der Waals surface area contributed by atoms with Crippen molar-refractivity contribution in [3.63, 3.8) is 0 Å². The summed E-state index contributed by atoms with van der Waals surface area (Å²) in [5.41, 5.74) is 0.829. The van der Waals surface area contributed by atoms with Crippen LogP contribution in [0, 0.1) is 5.92 Å². The van der Waals surface area contributed by atoms with E-state index in [-0.39, 0.29) is 28.9 Å². The van der Waals surface area contributed by atoms with Gasteiger partial charge in [0.1, 0.15) is 12.1 Å². The monoisotopic (exact) mass is 711 g/mol. The summed E-state index contributed by atoms with van der Waals surface area (Å²) in [6, 6.07) is 24.4. The number of nitrogens with zero attached hydrogens (tertiary/aromatic N) is 1. The molecule has 3 atom stereocenters. The van der Waals surface area contributed by atoms with Gasteiger partial charge in [0.05, 0.1) is 20.1 Å². The molecule has 1 saturated heterocycles. The second-order valence-electron chi connectivity index (χ2n) is 15.2. The first-order valence-corrected chi connectivity index (χ1v) is 20.6. The van der Waals surface area contributed by atoms with Crippen LogP contribution < -0.4 is 24.3 Å². The van der Waals surface area contributed by atoms with Gasteiger partial charge in [0, 0.05) is 13.0 Å². The van der Waals surface area contributed by atoms with Crippen LogP contribution in [0.25, 0.3) is 0 Å². The van der Waals surface area contributed by atoms with E-state index in [4.69, 9.17) is 18.6 Å². The zero-order valence-corrected chi connectivity index (χ0v) is 32.5. The summed E-state index contributed by atoms with van der Waals surface area (Å²) in [6.45, 7) is 12.9. The Bertz CT molecular complexity index is 1580. The van der Waals surface area contributed by atoms with Gasteiger partial charge in [-0.1, -0.05) is 107 Å². The van der Waals surface area contributed by atoms with Gasteiger partial charge in [-0.05, 0) is 78.1 Å². The maximum absolute atomic E-state index is 15.1. The molecule has 3 aromatic rings. The molecule has 3 aromatic carbocycles. The van der Waals surface area contributed by atoms with Crippen molar-refractivity contribution in [1.29, 1.82) is 0 Å². The predicted molar refractivity (Wildman–Crippen MR) is 207 cm³/mol. The molecule has 0 radical (unpaired) electrons. The average molecular weight is 712 g/mol. The van der Waals surface area contributed by atoms with Gasteiger partial charge >= 0.3 is 14.3 Å². The van der Waals surface area contributed by atoms with E-state index in [1.165, 1.54) is 0 Å². The first-order chi connectivity index (χ1) is 24.5. The smallest absolute Gasteiger partial charge is 0.329 e. The van der Waals surface area contributed by atoms with Gasteiger partial charge < -0.3 is 23.5 Å². The van der Waals surface area contributed by atoms with Gasteiger partial charge in [-0.15, -0.1) is 6.58 Å². The fourth-order valence-corrected chi connectivity index (χ4v) is 12.7. The second kappa shape index (κ2) is 17.0. The summed E-state index contributed by atoms with van der Waals surface area (Å²) in [7, 11) is 0.190. The molecule has 274 valence electrons. The Hall–Kier alpha value is -4.04. The zero-order valence-electron chi connectivity index (χ0n) is 31.5. The number of carbonyl (C=O) groups is 2. The fraction of sp³-hybridized carbons (Fsp3) is 0.488. The maximum atomic E-state index is 15.1. The fourth-order valence-electron chi connectivity index (χ4n) is 8.28. The van der Waals surface area contributed by atoms with Crippen molar-refractivity contribution in [2.75, 3.05) is 20.8 Å². The first-order valence-electron chi connectivity index (χ1n) is 18.7. The summed E-state index contributed by atoms with van der Waals surface area (Å²) >= 11 is 0. The van der Waals surface area contributed by atoms with Crippen LogP contribution in [0.4, 0.5) is 0 Å². The van der Waals surface area contributed by atoms with Crippen LogP contribution >= 0.6 is 0 Å². The lowest BCUT2D eigenvalue weighted by molar-refractivity contribution is -0.161. The number of piperidine rings is 1.